The van der Waals surface area contributed by atoms with Gasteiger partial charge in [0.25, 0.3) is 0 Å². The van der Waals surface area contributed by atoms with Crippen LogP contribution in [0.3, 0.4) is 0 Å². The molecule has 4 heteroatoms. The Balaban J connectivity index is 1.67. The largest absolute Gasteiger partial charge is 0.356 e. The molecule has 4 nitrogen and oxygen atoms in total. The van der Waals surface area contributed by atoms with Gasteiger partial charge in [0.05, 0.1) is 0 Å². The van der Waals surface area contributed by atoms with Crippen LogP contribution in [0.4, 0.5) is 0 Å². The predicted octanol–water partition coefficient (Wildman–Crippen LogP) is 2.86. The maximum absolute atomic E-state index is 4.41. The third-order valence-corrected chi connectivity index (χ3v) is 4.90. The average Bonchev–Trinajstić information content (AvgIpc) is 3.07. The molecule has 134 valence electrons. The third-order valence-electron chi connectivity index (χ3n) is 4.90. The lowest BCUT2D eigenvalue weighted by Gasteiger charge is -2.23. The van der Waals surface area contributed by atoms with Crippen molar-refractivity contribution in [3.8, 4) is 0 Å². The molecule has 1 aromatic carbocycles. The van der Waals surface area contributed by atoms with Gasteiger partial charge in [-0.3, -0.25) is 4.99 Å². The van der Waals surface area contributed by atoms with Gasteiger partial charge >= 0.3 is 0 Å². The van der Waals surface area contributed by atoms with E-state index in [0.29, 0.717) is 0 Å². The number of nitrogens with one attached hydrogen (secondary N) is 1. The van der Waals surface area contributed by atoms with Gasteiger partial charge in [0.2, 0.25) is 0 Å². The molecular weight excluding hydrogens is 296 g/mol. The number of benzene rings is 1. The lowest BCUT2D eigenvalue weighted by atomic mass is 10.1. The van der Waals surface area contributed by atoms with Gasteiger partial charge in [-0.2, -0.15) is 0 Å². The number of guanidine groups is 1. The van der Waals surface area contributed by atoms with Gasteiger partial charge in [-0.15, -0.1) is 0 Å². The van der Waals surface area contributed by atoms with Gasteiger partial charge in [0, 0.05) is 40.3 Å². The summed E-state index contributed by atoms with van der Waals surface area (Å²) in [6, 6.07) is 10.8. The first-order valence-electron chi connectivity index (χ1n) is 9.41. The molecule has 1 atom stereocenters. The van der Waals surface area contributed by atoms with Crippen molar-refractivity contribution in [2.75, 3.05) is 46.8 Å². The van der Waals surface area contributed by atoms with Crippen LogP contribution < -0.4 is 5.32 Å². The van der Waals surface area contributed by atoms with E-state index in [1.165, 1.54) is 44.5 Å². The van der Waals surface area contributed by atoms with Crippen molar-refractivity contribution in [2.45, 2.75) is 32.6 Å². The van der Waals surface area contributed by atoms with Crippen molar-refractivity contribution in [2.24, 2.45) is 10.9 Å². The number of hydrogen-bond donors (Lipinski definition) is 1. The number of rotatable bonds is 8. The van der Waals surface area contributed by atoms with Gasteiger partial charge in [0.1, 0.15) is 0 Å². The smallest absolute Gasteiger partial charge is 0.193 e. The number of aliphatic imine (C=N–C) groups is 1. The Morgan fingerprint density at radius 1 is 1.33 bits per heavy atom. The molecule has 0 amide bonds. The van der Waals surface area contributed by atoms with Crippen LogP contribution in [0.5, 0.6) is 0 Å². The normalized spacial score (nSPS) is 18.8. The molecule has 0 aromatic heterocycles. The van der Waals surface area contributed by atoms with Crippen LogP contribution in [-0.2, 0) is 6.42 Å². The first-order chi connectivity index (χ1) is 11.7. The fourth-order valence-corrected chi connectivity index (χ4v) is 3.34. The highest BCUT2D eigenvalue weighted by Crippen LogP contribution is 2.16. The van der Waals surface area contributed by atoms with E-state index in [0.717, 1.165) is 31.4 Å². The summed E-state index contributed by atoms with van der Waals surface area (Å²) in [5, 5.41) is 3.56. The molecule has 0 aliphatic carbocycles. The topological polar surface area (TPSA) is 30.9 Å². The van der Waals surface area contributed by atoms with E-state index >= 15 is 0 Å². The molecule has 0 saturated carbocycles. The summed E-state index contributed by atoms with van der Waals surface area (Å²) in [6.45, 7) is 7.94. The van der Waals surface area contributed by atoms with E-state index in [9.17, 15) is 0 Å². The Bertz CT molecular complexity index is 486. The van der Waals surface area contributed by atoms with E-state index in [1.54, 1.807) is 0 Å². The average molecular weight is 331 g/mol. The van der Waals surface area contributed by atoms with Gasteiger partial charge in [0.15, 0.2) is 5.96 Å². The van der Waals surface area contributed by atoms with E-state index in [-0.39, 0.29) is 0 Å². The van der Waals surface area contributed by atoms with Gasteiger partial charge < -0.3 is 15.1 Å². The monoisotopic (exact) mass is 330 g/mol. The minimum Gasteiger partial charge on any atom is -0.356 e. The summed E-state index contributed by atoms with van der Waals surface area (Å²) in [6.07, 6.45) is 4.88. The van der Waals surface area contributed by atoms with Crippen molar-refractivity contribution in [3.05, 3.63) is 35.9 Å². The van der Waals surface area contributed by atoms with Crippen LogP contribution in [0.2, 0.25) is 0 Å². The van der Waals surface area contributed by atoms with Gasteiger partial charge in [-0.05, 0) is 37.3 Å². The summed E-state index contributed by atoms with van der Waals surface area (Å²) < 4.78 is 0. The van der Waals surface area contributed by atoms with Crippen LogP contribution in [-0.4, -0.2) is 62.6 Å². The Hall–Kier alpha value is -1.55. The second kappa shape index (κ2) is 10.3. The maximum Gasteiger partial charge on any atom is 0.193 e. The molecule has 1 aliphatic rings. The first kappa shape index (κ1) is 18.8. The van der Waals surface area contributed by atoms with Crippen molar-refractivity contribution in [1.29, 1.82) is 0 Å². The molecule has 0 spiro atoms. The molecule has 0 radical (unpaired) electrons. The number of likely N-dealkylation sites (tertiary alicyclic amines) is 1. The standard InChI is InChI=1S/C20H34N4/c1-4-5-13-23(3)20(21-2)22-16-19-12-15-24(17-19)14-11-18-9-7-6-8-10-18/h6-10,19H,4-5,11-17H2,1-3H3,(H,21,22). The van der Waals surface area contributed by atoms with Crippen molar-refractivity contribution < 1.29 is 0 Å². The first-order valence-corrected chi connectivity index (χ1v) is 9.41. The van der Waals surface area contributed by atoms with Crippen LogP contribution in [0.25, 0.3) is 0 Å². The van der Waals surface area contributed by atoms with E-state index in [1.807, 2.05) is 7.05 Å². The molecule has 2 rings (SSSR count). The number of nitrogens with zero attached hydrogens (tertiary/aromatic N) is 3. The second-order valence-electron chi connectivity index (χ2n) is 6.89. The van der Waals surface area contributed by atoms with E-state index in [4.69, 9.17) is 0 Å². The van der Waals surface area contributed by atoms with Gasteiger partial charge in [-0.25, -0.2) is 0 Å². The molecular formula is C20H34N4. The minimum atomic E-state index is 0.733. The summed E-state index contributed by atoms with van der Waals surface area (Å²) in [7, 11) is 4.01. The van der Waals surface area contributed by atoms with E-state index in [2.05, 4.69) is 64.4 Å². The third kappa shape index (κ3) is 6.16. The van der Waals surface area contributed by atoms with E-state index < -0.39 is 0 Å². The highest BCUT2D eigenvalue weighted by Gasteiger charge is 2.22. The molecule has 1 fully saturated rings. The van der Waals surface area contributed by atoms with Crippen LogP contribution >= 0.6 is 0 Å². The van der Waals surface area contributed by atoms with Crippen LogP contribution in [0.1, 0.15) is 31.7 Å². The second-order valence-corrected chi connectivity index (χ2v) is 6.89. The fraction of sp³-hybridized carbons (Fsp3) is 0.650. The highest BCUT2D eigenvalue weighted by atomic mass is 15.3. The summed E-state index contributed by atoms with van der Waals surface area (Å²) in [4.78, 5) is 9.26. The summed E-state index contributed by atoms with van der Waals surface area (Å²) in [5.74, 6) is 1.77. The number of unbranched alkanes of at least 4 members (excludes halogenated alkanes) is 1. The molecule has 1 aliphatic heterocycles. The SMILES string of the molecule is CCCCN(C)C(=NC)NCC1CCN(CCc2ccccc2)C1. The predicted molar refractivity (Wildman–Crippen MR) is 104 cm³/mol. The zero-order chi connectivity index (χ0) is 17.2. The fourth-order valence-electron chi connectivity index (χ4n) is 3.34. The van der Waals surface area contributed by atoms with Crippen LogP contribution in [0.15, 0.2) is 35.3 Å². The Morgan fingerprint density at radius 2 is 2.12 bits per heavy atom. The minimum absolute atomic E-state index is 0.733. The van der Waals surface area contributed by atoms with Crippen molar-refractivity contribution in [1.82, 2.24) is 15.1 Å². The van der Waals surface area contributed by atoms with Crippen LogP contribution in [0, 0.1) is 5.92 Å². The Kier molecular flexibility index (Phi) is 8.10. The zero-order valence-corrected chi connectivity index (χ0v) is 15.7. The lowest BCUT2D eigenvalue weighted by Crippen LogP contribution is -2.41. The lowest BCUT2D eigenvalue weighted by molar-refractivity contribution is 0.327. The van der Waals surface area contributed by atoms with Crippen molar-refractivity contribution in [3.63, 3.8) is 0 Å². The Labute approximate surface area is 147 Å². The summed E-state index contributed by atoms with van der Waals surface area (Å²) in [5.41, 5.74) is 1.44. The molecule has 1 heterocycles. The maximum atomic E-state index is 4.41. The molecule has 0 bridgehead atoms. The van der Waals surface area contributed by atoms with Gasteiger partial charge in [-0.1, -0.05) is 43.7 Å². The number of hydrogen-bond acceptors (Lipinski definition) is 2. The Morgan fingerprint density at radius 3 is 2.83 bits per heavy atom. The highest BCUT2D eigenvalue weighted by molar-refractivity contribution is 5.79. The molecule has 1 unspecified atom stereocenters. The molecule has 1 N–H and O–H groups in total. The van der Waals surface area contributed by atoms with Crippen molar-refractivity contribution >= 4 is 5.96 Å². The summed E-state index contributed by atoms with van der Waals surface area (Å²) >= 11 is 0. The quantitative estimate of drug-likeness (QED) is 0.587. The molecule has 24 heavy (non-hydrogen) atoms. The molecule has 1 saturated heterocycles. The zero-order valence-electron chi connectivity index (χ0n) is 15.7. The molecule has 1 aromatic rings.